The highest BCUT2D eigenvalue weighted by atomic mass is 16.5. The zero-order chi connectivity index (χ0) is 22.4. The van der Waals surface area contributed by atoms with Crippen molar-refractivity contribution in [2.24, 2.45) is 0 Å². The van der Waals surface area contributed by atoms with Gasteiger partial charge in [0, 0.05) is 25.1 Å². The Hall–Kier alpha value is -3.73. The number of ether oxygens (including phenoxy) is 1. The van der Waals surface area contributed by atoms with Crippen LogP contribution in [0.4, 0.5) is 5.82 Å². The lowest BCUT2D eigenvalue weighted by atomic mass is 10.0. The first-order valence-electron chi connectivity index (χ1n) is 9.38. The van der Waals surface area contributed by atoms with Gasteiger partial charge in [-0.25, -0.2) is 4.98 Å². The fourth-order valence-electron chi connectivity index (χ4n) is 2.97. The Morgan fingerprint density at radius 2 is 1.83 bits per heavy atom. The lowest BCUT2D eigenvalue weighted by Crippen LogP contribution is -2.29. The van der Waals surface area contributed by atoms with Crippen LogP contribution >= 0.6 is 0 Å². The summed E-state index contributed by atoms with van der Waals surface area (Å²) in [5.41, 5.74) is 1.48. The summed E-state index contributed by atoms with van der Waals surface area (Å²) in [7, 11) is 1.47. The average Bonchev–Trinajstić information content (AvgIpc) is 2.71. The van der Waals surface area contributed by atoms with Crippen molar-refractivity contribution in [1.29, 1.82) is 5.26 Å². The van der Waals surface area contributed by atoms with Crippen LogP contribution < -0.4 is 4.90 Å². The molecule has 0 fully saturated rings. The minimum atomic E-state index is -0.633. The fourth-order valence-corrected chi connectivity index (χ4v) is 2.97. The number of esters is 1. The first-order chi connectivity index (χ1) is 14.2. The summed E-state index contributed by atoms with van der Waals surface area (Å²) in [5, 5.41) is 19.6. The van der Waals surface area contributed by atoms with Gasteiger partial charge in [-0.2, -0.15) is 5.26 Å². The van der Waals surface area contributed by atoms with Gasteiger partial charge in [0.25, 0.3) is 5.91 Å². The van der Waals surface area contributed by atoms with Gasteiger partial charge >= 0.3 is 5.97 Å². The van der Waals surface area contributed by atoms with Gasteiger partial charge in [0.1, 0.15) is 11.9 Å². The van der Waals surface area contributed by atoms with Gasteiger partial charge in [-0.15, -0.1) is 0 Å². The van der Waals surface area contributed by atoms with Gasteiger partial charge in [0.15, 0.2) is 17.2 Å². The van der Waals surface area contributed by atoms with E-state index >= 15 is 0 Å². The van der Waals surface area contributed by atoms with Crippen LogP contribution in [0.2, 0.25) is 0 Å². The Kier molecular flexibility index (Phi) is 7.26. The van der Waals surface area contributed by atoms with Crippen LogP contribution in [0, 0.1) is 25.2 Å². The van der Waals surface area contributed by atoms with E-state index in [0.717, 1.165) is 11.1 Å². The zero-order valence-electron chi connectivity index (χ0n) is 17.4. The van der Waals surface area contributed by atoms with Gasteiger partial charge in [-0.1, -0.05) is 18.2 Å². The number of anilines is 1. The molecule has 0 atom stereocenters. The summed E-state index contributed by atoms with van der Waals surface area (Å²) in [6, 6.07) is 8.50. The number of pyridine rings is 1. The van der Waals surface area contributed by atoms with Gasteiger partial charge in [-0.3, -0.25) is 19.3 Å². The van der Waals surface area contributed by atoms with Gasteiger partial charge in [0.05, 0.1) is 18.6 Å². The molecule has 1 heterocycles. The van der Waals surface area contributed by atoms with E-state index in [-0.39, 0.29) is 42.4 Å². The minimum absolute atomic E-state index is 0.0384. The number of Topliss-reactive ketones (excluding diaryl/α,β-unsaturated/α-hetero) is 1. The SMILES string of the molecule is CCOC(=O)CCC(=O)c1nc(N(C)C(=O)c2c(C)cccc2C)cc(C#N)c1O. The van der Waals surface area contributed by atoms with E-state index < -0.39 is 17.5 Å². The van der Waals surface area contributed by atoms with E-state index in [1.54, 1.807) is 13.0 Å². The molecule has 1 aromatic heterocycles. The second kappa shape index (κ2) is 9.65. The van der Waals surface area contributed by atoms with Crippen molar-refractivity contribution in [3.8, 4) is 11.8 Å². The number of ketones is 1. The number of hydrogen-bond acceptors (Lipinski definition) is 7. The third kappa shape index (κ3) is 4.81. The molecule has 8 heteroatoms. The molecule has 0 aliphatic carbocycles. The molecule has 30 heavy (non-hydrogen) atoms. The molecule has 8 nitrogen and oxygen atoms in total. The molecule has 1 aromatic carbocycles. The van der Waals surface area contributed by atoms with Gasteiger partial charge < -0.3 is 9.84 Å². The monoisotopic (exact) mass is 409 g/mol. The van der Waals surface area contributed by atoms with Crippen LogP contribution in [-0.2, 0) is 9.53 Å². The maximum Gasteiger partial charge on any atom is 0.306 e. The third-order valence-electron chi connectivity index (χ3n) is 4.57. The van der Waals surface area contributed by atoms with Crippen LogP contribution in [0.3, 0.4) is 0 Å². The second-order valence-electron chi connectivity index (χ2n) is 6.70. The molecule has 0 bridgehead atoms. The summed E-state index contributed by atoms with van der Waals surface area (Å²) < 4.78 is 4.79. The zero-order valence-corrected chi connectivity index (χ0v) is 17.4. The first kappa shape index (κ1) is 22.6. The van der Waals surface area contributed by atoms with E-state index in [1.165, 1.54) is 18.0 Å². The summed E-state index contributed by atoms with van der Waals surface area (Å²) >= 11 is 0. The molecule has 0 spiro atoms. The largest absolute Gasteiger partial charge is 0.504 e. The Morgan fingerprint density at radius 1 is 1.20 bits per heavy atom. The summed E-state index contributed by atoms with van der Waals surface area (Å²) in [4.78, 5) is 42.4. The number of hydrogen-bond donors (Lipinski definition) is 1. The van der Waals surface area contributed by atoms with E-state index in [1.807, 2.05) is 32.0 Å². The smallest absolute Gasteiger partial charge is 0.306 e. The van der Waals surface area contributed by atoms with E-state index in [4.69, 9.17) is 4.74 Å². The predicted octanol–water partition coefficient (Wildman–Crippen LogP) is 3.08. The standard InChI is InChI=1S/C22H23N3O5/c1-5-30-18(27)10-9-16(26)20-21(28)15(12-23)11-17(24-20)25(4)22(29)19-13(2)7-6-8-14(19)3/h6-8,11,28H,5,9-10H2,1-4H3. The van der Waals surface area contributed by atoms with E-state index in [0.29, 0.717) is 5.56 Å². The summed E-state index contributed by atoms with van der Waals surface area (Å²) in [5.74, 6) is -2.09. The van der Waals surface area contributed by atoms with Crippen molar-refractivity contribution in [2.45, 2.75) is 33.6 Å². The van der Waals surface area contributed by atoms with Crippen molar-refractivity contribution >= 4 is 23.5 Å². The lowest BCUT2D eigenvalue weighted by Gasteiger charge is -2.20. The van der Waals surface area contributed by atoms with Crippen molar-refractivity contribution in [3.63, 3.8) is 0 Å². The fraction of sp³-hybridized carbons (Fsp3) is 0.318. The Labute approximate surface area is 174 Å². The topological polar surface area (TPSA) is 121 Å². The number of carbonyl (C=O) groups is 3. The molecule has 1 amide bonds. The van der Waals surface area contributed by atoms with Crippen LogP contribution in [0.1, 0.15) is 57.3 Å². The Balaban J connectivity index is 2.40. The Bertz CT molecular complexity index is 1020. The number of amides is 1. The van der Waals surface area contributed by atoms with Gasteiger partial charge in [0.2, 0.25) is 0 Å². The van der Waals surface area contributed by atoms with Crippen LogP contribution in [0.25, 0.3) is 0 Å². The minimum Gasteiger partial charge on any atom is -0.504 e. The highest BCUT2D eigenvalue weighted by molar-refractivity contribution is 6.08. The number of aromatic hydroxyl groups is 1. The number of benzene rings is 1. The molecule has 2 aromatic rings. The molecule has 0 radical (unpaired) electrons. The number of rotatable bonds is 7. The Morgan fingerprint density at radius 3 is 2.40 bits per heavy atom. The number of nitriles is 1. The van der Waals surface area contributed by atoms with Crippen LogP contribution in [0.15, 0.2) is 24.3 Å². The highest BCUT2D eigenvalue weighted by Gasteiger charge is 2.24. The molecule has 0 saturated carbocycles. The van der Waals surface area contributed by atoms with Crippen LogP contribution in [0.5, 0.6) is 5.75 Å². The second-order valence-corrected chi connectivity index (χ2v) is 6.70. The molecular weight excluding hydrogens is 386 g/mol. The number of aromatic nitrogens is 1. The van der Waals surface area contributed by atoms with E-state index in [9.17, 15) is 24.8 Å². The molecule has 0 saturated heterocycles. The maximum atomic E-state index is 13.0. The van der Waals surface area contributed by atoms with Crippen molar-refractivity contribution in [2.75, 3.05) is 18.6 Å². The number of carbonyl (C=O) groups excluding carboxylic acids is 3. The summed E-state index contributed by atoms with van der Waals surface area (Å²) in [6.45, 7) is 5.46. The van der Waals surface area contributed by atoms with Crippen molar-refractivity contribution in [3.05, 3.63) is 52.2 Å². The molecule has 0 aliphatic heterocycles. The molecule has 2 rings (SSSR count). The van der Waals surface area contributed by atoms with Gasteiger partial charge in [-0.05, 0) is 31.9 Å². The predicted molar refractivity (Wildman–Crippen MR) is 109 cm³/mol. The lowest BCUT2D eigenvalue weighted by molar-refractivity contribution is -0.143. The molecule has 0 aliphatic rings. The molecule has 1 N–H and O–H groups in total. The molecule has 156 valence electrons. The molecular formula is C22H23N3O5. The maximum absolute atomic E-state index is 13.0. The number of aryl methyl sites for hydroxylation is 2. The summed E-state index contributed by atoms with van der Waals surface area (Å²) in [6.07, 6.45) is -0.431. The quantitative estimate of drug-likeness (QED) is 0.551. The van der Waals surface area contributed by atoms with E-state index in [2.05, 4.69) is 4.98 Å². The van der Waals surface area contributed by atoms with Crippen molar-refractivity contribution in [1.82, 2.24) is 4.98 Å². The normalized spacial score (nSPS) is 10.2. The first-order valence-corrected chi connectivity index (χ1v) is 9.38. The average molecular weight is 409 g/mol. The van der Waals surface area contributed by atoms with Crippen molar-refractivity contribution < 1.29 is 24.2 Å². The van der Waals surface area contributed by atoms with Crippen LogP contribution in [-0.4, -0.2) is 41.4 Å². The third-order valence-corrected chi connectivity index (χ3v) is 4.57. The number of nitrogens with zero attached hydrogens (tertiary/aromatic N) is 3. The molecule has 0 unspecified atom stereocenters. The highest BCUT2D eigenvalue weighted by Crippen LogP contribution is 2.28.